The van der Waals surface area contributed by atoms with Crippen molar-refractivity contribution in [2.24, 2.45) is 0 Å². The van der Waals surface area contributed by atoms with Crippen LogP contribution in [0.25, 0.3) is 21.8 Å². The molecule has 0 unspecified atom stereocenters. The first-order valence-corrected chi connectivity index (χ1v) is 9.64. The number of halogens is 2. The lowest BCUT2D eigenvalue weighted by atomic mass is 10.1. The van der Waals surface area contributed by atoms with Gasteiger partial charge in [-0.25, -0.2) is 18.7 Å². The quantitative estimate of drug-likeness (QED) is 0.562. The van der Waals surface area contributed by atoms with Crippen LogP contribution in [0.2, 0.25) is 0 Å². The summed E-state index contributed by atoms with van der Waals surface area (Å²) in [7, 11) is 0. The van der Waals surface area contributed by atoms with Crippen molar-refractivity contribution < 1.29 is 13.6 Å². The lowest BCUT2D eigenvalue weighted by molar-refractivity contribution is 0.0742. The summed E-state index contributed by atoms with van der Waals surface area (Å²) in [5.41, 5.74) is 1.69. The number of fused-ring (bicyclic) bond motifs is 2. The van der Waals surface area contributed by atoms with Gasteiger partial charge in [-0.3, -0.25) is 9.89 Å². The van der Waals surface area contributed by atoms with Crippen molar-refractivity contribution >= 4 is 33.5 Å². The van der Waals surface area contributed by atoms with E-state index in [2.05, 4.69) is 20.2 Å². The number of benzene rings is 2. The van der Waals surface area contributed by atoms with Crippen molar-refractivity contribution in [2.75, 3.05) is 31.1 Å². The summed E-state index contributed by atoms with van der Waals surface area (Å²) >= 11 is 0. The Labute approximate surface area is 170 Å². The van der Waals surface area contributed by atoms with E-state index in [1.807, 2.05) is 41.3 Å². The van der Waals surface area contributed by atoms with E-state index in [0.717, 1.165) is 16.3 Å². The van der Waals surface area contributed by atoms with Gasteiger partial charge in [-0.2, -0.15) is 5.10 Å². The number of anilines is 1. The fraction of sp³-hybridized carbons (Fsp3) is 0.238. The summed E-state index contributed by atoms with van der Waals surface area (Å²) in [5.74, 6) is -0.147. The molecule has 5 rings (SSSR count). The third kappa shape index (κ3) is 3.12. The molecular formula is C21H18F2N6O. The molecular weight excluding hydrogens is 390 g/mol. The van der Waals surface area contributed by atoms with Gasteiger partial charge in [-0.15, -0.1) is 0 Å². The lowest BCUT2D eigenvalue weighted by Crippen LogP contribution is -2.49. The normalized spacial score (nSPS) is 14.8. The highest BCUT2D eigenvalue weighted by atomic mass is 19.3. The van der Waals surface area contributed by atoms with Crippen LogP contribution in [0, 0.1) is 0 Å². The van der Waals surface area contributed by atoms with Crippen LogP contribution >= 0.6 is 0 Å². The number of aromatic amines is 1. The van der Waals surface area contributed by atoms with Gasteiger partial charge in [-0.05, 0) is 18.2 Å². The summed E-state index contributed by atoms with van der Waals surface area (Å²) in [4.78, 5) is 24.7. The van der Waals surface area contributed by atoms with E-state index < -0.39 is 12.2 Å². The first kappa shape index (κ1) is 18.4. The van der Waals surface area contributed by atoms with Crippen molar-refractivity contribution in [1.29, 1.82) is 0 Å². The minimum atomic E-state index is -2.75. The molecule has 1 fully saturated rings. The lowest BCUT2D eigenvalue weighted by Gasteiger charge is -2.35. The van der Waals surface area contributed by atoms with Gasteiger partial charge in [0.15, 0.2) is 11.5 Å². The molecule has 2 aromatic heterocycles. The first-order chi connectivity index (χ1) is 14.6. The maximum absolute atomic E-state index is 13.3. The molecule has 152 valence electrons. The minimum absolute atomic E-state index is 0.145. The second-order valence-electron chi connectivity index (χ2n) is 7.12. The van der Waals surface area contributed by atoms with E-state index in [4.69, 9.17) is 0 Å². The Morgan fingerprint density at radius 3 is 2.40 bits per heavy atom. The Bertz CT molecular complexity index is 1230. The van der Waals surface area contributed by atoms with Gasteiger partial charge >= 0.3 is 0 Å². The van der Waals surface area contributed by atoms with E-state index in [1.54, 1.807) is 17.0 Å². The fourth-order valence-electron chi connectivity index (χ4n) is 3.81. The van der Waals surface area contributed by atoms with Gasteiger partial charge in [0.05, 0.1) is 11.0 Å². The molecule has 1 N–H and O–H groups in total. The standard InChI is InChI=1S/C21H18F2N6O/c22-18(23)19-24-15-7-3-2-6-14(15)20(25-19)28-9-11-29(12-10-28)21(30)17-13-5-1-4-8-16(13)26-27-17/h1-8,18H,9-12H2,(H,26,27). The highest BCUT2D eigenvalue weighted by Gasteiger charge is 2.27. The number of hydrogen-bond donors (Lipinski definition) is 1. The van der Waals surface area contributed by atoms with Crippen LogP contribution in [0.15, 0.2) is 48.5 Å². The number of H-pyrrole nitrogens is 1. The summed E-state index contributed by atoms with van der Waals surface area (Å²) in [6.45, 7) is 1.86. The monoisotopic (exact) mass is 408 g/mol. The van der Waals surface area contributed by atoms with Crippen LogP contribution in [-0.4, -0.2) is 57.2 Å². The second-order valence-corrected chi connectivity index (χ2v) is 7.12. The van der Waals surface area contributed by atoms with Gasteiger partial charge in [0, 0.05) is 37.0 Å². The Hall–Kier alpha value is -3.62. The van der Waals surface area contributed by atoms with Crippen molar-refractivity contribution in [3.8, 4) is 0 Å². The third-order valence-corrected chi connectivity index (χ3v) is 5.33. The number of alkyl halides is 2. The third-order valence-electron chi connectivity index (χ3n) is 5.33. The molecule has 1 aliphatic heterocycles. The minimum Gasteiger partial charge on any atom is -0.352 e. The van der Waals surface area contributed by atoms with E-state index in [1.165, 1.54) is 0 Å². The van der Waals surface area contributed by atoms with Gasteiger partial charge in [0.25, 0.3) is 12.3 Å². The predicted molar refractivity (Wildman–Crippen MR) is 109 cm³/mol. The molecule has 1 saturated heterocycles. The van der Waals surface area contributed by atoms with Crippen molar-refractivity contribution in [3.63, 3.8) is 0 Å². The van der Waals surface area contributed by atoms with E-state index in [0.29, 0.717) is 43.2 Å². The van der Waals surface area contributed by atoms with Crippen molar-refractivity contribution in [1.82, 2.24) is 25.1 Å². The molecule has 0 bridgehead atoms. The highest BCUT2D eigenvalue weighted by molar-refractivity contribution is 6.04. The van der Waals surface area contributed by atoms with Gasteiger partial charge in [0.2, 0.25) is 0 Å². The predicted octanol–water partition coefficient (Wildman–Crippen LogP) is 3.41. The van der Waals surface area contributed by atoms with E-state index >= 15 is 0 Å². The number of carbonyl (C=O) groups excluding carboxylic acids is 1. The number of aromatic nitrogens is 4. The topological polar surface area (TPSA) is 78.0 Å². The van der Waals surface area contributed by atoms with Gasteiger partial charge in [0.1, 0.15) is 5.82 Å². The summed E-state index contributed by atoms with van der Waals surface area (Å²) in [6.07, 6.45) is -2.75. The largest absolute Gasteiger partial charge is 0.352 e. The maximum atomic E-state index is 13.3. The molecule has 1 aliphatic rings. The molecule has 9 heteroatoms. The smallest absolute Gasteiger partial charge is 0.297 e. The summed E-state index contributed by atoms with van der Waals surface area (Å²) in [6, 6.07) is 14.6. The molecule has 7 nitrogen and oxygen atoms in total. The Morgan fingerprint density at radius 1 is 0.933 bits per heavy atom. The number of piperazine rings is 1. The molecule has 4 aromatic rings. The fourth-order valence-corrected chi connectivity index (χ4v) is 3.81. The number of nitrogens with one attached hydrogen (secondary N) is 1. The van der Waals surface area contributed by atoms with Crippen molar-refractivity contribution in [2.45, 2.75) is 6.43 Å². The first-order valence-electron chi connectivity index (χ1n) is 9.64. The number of rotatable bonds is 3. The van der Waals surface area contributed by atoms with Gasteiger partial charge in [-0.1, -0.05) is 30.3 Å². The summed E-state index contributed by atoms with van der Waals surface area (Å²) in [5, 5.41) is 8.58. The zero-order valence-corrected chi connectivity index (χ0v) is 15.9. The maximum Gasteiger partial charge on any atom is 0.297 e. The summed E-state index contributed by atoms with van der Waals surface area (Å²) < 4.78 is 26.6. The number of hydrogen-bond acceptors (Lipinski definition) is 5. The Morgan fingerprint density at radius 2 is 1.63 bits per heavy atom. The second kappa shape index (κ2) is 7.33. The number of carbonyl (C=O) groups is 1. The van der Waals surface area contributed by atoms with Crippen LogP contribution in [0.1, 0.15) is 22.7 Å². The van der Waals surface area contributed by atoms with Crippen LogP contribution in [0.4, 0.5) is 14.6 Å². The SMILES string of the molecule is O=C(c1n[nH]c2ccccc12)N1CCN(c2nc(C(F)F)nc3ccccc23)CC1. The van der Waals surface area contributed by atoms with Crippen LogP contribution in [0.3, 0.4) is 0 Å². The molecule has 0 saturated carbocycles. The highest BCUT2D eigenvalue weighted by Crippen LogP contribution is 2.28. The average molecular weight is 408 g/mol. The number of amides is 1. The van der Waals surface area contributed by atoms with E-state index in [9.17, 15) is 13.6 Å². The molecule has 3 heterocycles. The molecule has 0 aliphatic carbocycles. The van der Waals surface area contributed by atoms with Gasteiger partial charge < -0.3 is 9.80 Å². The zero-order valence-electron chi connectivity index (χ0n) is 15.9. The number of para-hydroxylation sites is 2. The van der Waals surface area contributed by atoms with Crippen LogP contribution < -0.4 is 4.90 Å². The van der Waals surface area contributed by atoms with E-state index in [-0.39, 0.29) is 5.91 Å². The van der Waals surface area contributed by atoms with Crippen LogP contribution in [0.5, 0.6) is 0 Å². The molecule has 1 amide bonds. The molecule has 0 radical (unpaired) electrons. The molecule has 2 aromatic carbocycles. The van der Waals surface area contributed by atoms with Crippen molar-refractivity contribution in [3.05, 3.63) is 60.0 Å². The molecule has 0 spiro atoms. The molecule has 30 heavy (non-hydrogen) atoms. The zero-order chi connectivity index (χ0) is 20.7. The average Bonchev–Trinajstić information content (AvgIpc) is 3.22. The number of nitrogens with zero attached hydrogens (tertiary/aromatic N) is 5. The Balaban J connectivity index is 1.39. The Kier molecular flexibility index (Phi) is 4.50. The van der Waals surface area contributed by atoms with Crippen LogP contribution in [-0.2, 0) is 0 Å². The molecule has 0 atom stereocenters.